The minimum absolute atomic E-state index is 0.0461. The van der Waals surface area contributed by atoms with Crippen molar-refractivity contribution in [2.45, 2.75) is 318 Å². The molecular formula is C55H111NO3. The van der Waals surface area contributed by atoms with E-state index < -0.39 is 5.41 Å². The highest BCUT2D eigenvalue weighted by Crippen LogP contribution is 2.40. The standard InChI is InChI=1S/C55H111NO3/c1-13-15-17-19-21-23-25-27-29-31-33-35-37-39-41-43-50(44-42-40-38-36-34-32-30-28-26-24-22-20-18-16-14-2)56(11)51(57)53(5,6)49-52(3,4)45-46-55(9,10)59-48-47-54(7,8)58-12/h50H,13-49H2,1-12H3. The van der Waals surface area contributed by atoms with Crippen molar-refractivity contribution in [1.29, 1.82) is 0 Å². The Morgan fingerprint density at radius 2 is 0.780 bits per heavy atom. The van der Waals surface area contributed by atoms with E-state index in [1.54, 1.807) is 7.11 Å². The number of hydrogen-bond donors (Lipinski definition) is 0. The predicted octanol–water partition coefficient (Wildman–Crippen LogP) is 18.2. The Morgan fingerprint density at radius 1 is 0.458 bits per heavy atom. The molecule has 59 heavy (non-hydrogen) atoms. The molecule has 0 saturated carbocycles. The third-order valence-electron chi connectivity index (χ3n) is 13.8. The number of hydrogen-bond acceptors (Lipinski definition) is 3. The first-order chi connectivity index (χ1) is 28.0. The highest BCUT2D eigenvalue weighted by atomic mass is 16.5. The van der Waals surface area contributed by atoms with Crippen LogP contribution in [0.4, 0.5) is 0 Å². The molecular weight excluding hydrogens is 723 g/mol. The van der Waals surface area contributed by atoms with E-state index in [4.69, 9.17) is 9.47 Å². The van der Waals surface area contributed by atoms with E-state index in [0.717, 1.165) is 38.5 Å². The smallest absolute Gasteiger partial charge is 0.228 e. The molecule has 0 aliphatic carbocycles. The van der Waals surface area contributed by atoms with E-state index in [-0.39, 0.29) is 16.6 Å². The normalized spacial score (nSPS) is 12.9. The number of rotatable bonds is 44. The molecule has 0 unspecified atom stereocenters. The second-order valence-electron chi connectivity index (χ2n) is 22.1. The number of amides is 1. The fourth-order valence-electron chi connectivity index (χ4n) is 9.42. The molecule has 0 aromatic heterocycles. The van der Waals surface area contributed by atoms with Crippen molar-refractivity contribution in [3.63, 3.8) is 0 Å². The number of carbonyl (C=O) groups excluding carboxylic acids is 1. The van der Waals surface area contributed by atoms with Gasteiger partial charge in [0.15, 0.2) is 0 Å². The van der Waals surface area contributed by atoms with Crippen LogP contribution in [0.1, 0.15) is 300 Å². The maximum Gasteiger partial charge on any atom is 0.228 e. The predicted molar refractivity (Wildman–Crippen MR) is 263 cm³/mol. The van der Waals surface area contributed by atoms with Crippen LogP contribution >= 0.6 is 0 Å². The van der Waals surface area contributed by atoms with E-state index in [1.807, 2.05) is 0 Å². The largest absolute Gasteiger partial charge is 0.379 e. The second-order valence-corrected chi connectivity index (χ2v) is 22.1. The summed E-state index contributed by atoms with van der Waals surface area (Å²) >= 11 is 0. The third-order valence-corrected chi connectivity index (χ3v) is 13.8. The molecule has 4 nitrogen and oxygen atoms in total. The number of nitrogens with zero attached hydrogens (tertiary/aromatic N) is 1. The van der Waals surface area contributed by atoms with Crippen LogP contribution in [0.25, 0.3) is 0 Å². The Labute approximate surface area is 373 Å². The van der Waals surface area contributed by atoms with Crippen LogP contribution in [0.5, 0.6) is 0 Å². The van der Waals surface area contributed by atoms with E-state index in [1.165, 1.54) is 193 Å². The lowest BCUT2D eigenvalue weighted by Gasteiger charge is -2.40. The zero-order valence-electron chi connectivity index (χ0n) is 42.9. The summed E-state index contributed by atoms with van der Waals surface area (Å²) in [6.07, 6.45) is 48.0. The van der Waals surface area contributed by atoms with Crippen LogP contribution in [0.3, 0.4) is 0 Å². The number of unbranched alkanes of at least 4 members (excludes halogenated alkanes) is 28. The highest BCUT2D eigenvalue weighted by molar-refractivity contribution is 5.82. The van der Waals surface area contributed by atoms with Crippen LogP contribution in [0, 0.1) is 10.8 Å². The summed E-state index contributed by atoms with van der Waals surface area (Å²) in [6.45, 7) is 23.1. The Hall–Kier alpha value is -0.610. The van der Waals surface area contributed by atoms with Gasteiger partial charge in [0.25, 0.3) is 0 Å². The average Bonchev–Trinajstić information content (AvgIpc) is 3.18. The molecule has 1 amide bonds. The minimum Gasteiger partial charge on any atom is -0.379 e. The average molecular weight is 834 g/mol. The van der Waals surface area contributed by atoms with Crippen molar-refractivity contribution in [1.82, 2.24) is 4.90 Å². The molecule has 0 saturated heterocycles. The number of methoxy groups -OCH3 is 1. The van der Waals surface area contributed by atoms with E-state index in [2.05, 4.69) is 81.2 Å². The molecule has 0 atom stereocenters. The maximum absolute atomic E-state index is 14.4. The Balaban J connectivity index is 4.89. The van der Waals surface area contributed by atoms with Gasteiger partial charge in [-0.15, -0.1) is 0 Å². The molecule has 0 heterocycles. The first-order valence-corrected chi connectivity index (χ1v) is 26.5. The molecule has 354 valence electrons. The van der Waals surface area contributed by atoms with Crippen LogP contribution in [0.2, 0.25) is 0 Å². The third kappa shape index (κ3) is 34.5. The lowest BCUT2D eigenvalue weighted by atomic mass is 9.71. The van der Waals surface area contributed by atoms with Crippen molar-refractivity contribution in [2.75, 3.05) is 20.8 Å². The number of carbonyl (C=O) groups is 1. The van der Waals surface area contributed by atoms with Gasteiger partial charge in [-0.3, -0.25) is 4.79 Å². The molecule has 0 rings (SSSR count). The van der Waals surface area contributed by atoms with Gasteiger partial charge in [0.1, 0.15) is 0 Å². The van der Waals surface area contributed by atoms with Crippen LogP contribution < -0.4 is 0 Å². The SMILES string of the molecule is CCCCCCCCCCCCCCCCCC(CCCCCCCCCCCCCCCCC)N(C)C(=O)C(C)(C)CC(C)(C)CCC(C)(C)OCCC(C)(C)OC. The molecule has 0 aromatic rings. The summed E-state index contributed by atoms with van der Waals surface area (Å²) < 4.78 is 12.0. The molecule has 0 spiro atoms. The maximum atomic E-state index is 14.4. The first-order valence-electron chi connectivity index (χ1n) is 26.5. The van der Waals surface area contributed by atoms with Gasteiger partial charge in [-0.2, -0.15) is 0 Å². The van der Waals surface area contributed by atoms with Crippen molar-refractivity contribution >= 4 is 5.91 Å². The molecule has 0 aromatic carbocycles. The van der Waals surface area contributed by atoms with Gasteiger partial charge < -0.3 is 14.4 Å². The summed E-state index contributed by atoms with van der Waals surface area (Å²) in [6, 6.07) is 0.359. The lowest BCUT2D eigenvalue weighted by molar-refractivity contribution is -0.143. The van der Waals surface area contributed by atoms with Crippen molar-refractivity contribution in [3.05, 3.63) is 0 Å². The highest BCUT2D eigenvalue weighted by Gasteiger charge is 2.38. The molecule has 0 N–H and O–H groups in total. The van der Waals surface area contributed by atoms with Crippen LogP contribution in [-0.2, 0) is 14.3 Å². The Kier molecular flexibility index (Phi) is 35.4. The zero-order chi connectivity index (χ0) is 44.3. The molecule has 0 fully saturated rings. The summed E-state index contributed by atoms with van der Waals surface area (Å²) in [7, 11) is 3.91. The summed E-state index contributed by atoms with van der Waals surface area (Å²) in [5, 5.41) is 0. The van der Waals surface area contributed by atoms with Crippen molar-refractivity contribution in [3.8, 4) is 0 Å². The minimum atomic E-state index is -0.395. The topological polar surface area (TPSA) is 38.8 Å². The summed E-state index contributed by atoms with van der Waals surface area (Å²) in [4.78, 5) is 16.6. The van der Waals surface area contributed by atoms with Crippen molar-refractivity contribution in [2.24, 2.45) is 10.8 Å². The summed E-state index contributed by atoms with van der Waals surface area (Å²) in [5.41, 5.74) is -0.710. The first kappa shape index (κ1) is 58.4. The van der Waals surface area contributed by atoms with E-state index in [0.29, 0.717) is 18.6 Å². The zero-order valence-corrected chi connectivity index (χ0v) is 42.9. The quantitative estimate of drug-likeness (QED) is 0.0574. The molecule has 0 aliphatic rings. The lowest BCUT2D eigenvalue weighted by Crippen LogP contribution is -2.46. The summed E-state index contributed by atoms with van der Waals surface area (Å²) in [5.74, 6) is 0.342. The van der Waals surface area contributed by atoms with Gasteiger partial charge >= 0.3 is 0 Å². The van der Waals surface area contributed by atoms with Gasteiger partial charge in [0.05, 0.1) is 17.8 Å². The van der Waals surface area contributed by atoms with Crippen LogP contribution in [-0.4, -0.2) is 48.8 Å². The van der Waals surface area contributed by atoms with Crippen molar-refractivity contribution < 1.29 is 14.3 Å². The monoisotopic (exact) mass is 834 g/mol. The van der Waals surface area contributed by atoms with Gasteiger partial charge in [0.2, 0.25) is 5.91 Å². The molecule has 0 aliphatic heterocycles. The van der Waals surface area contributed by atoms with Gasteiger partial charge in [-0.25, -0.2) is 0 Å². The fourth-order valence-corrected chi connectivity index (χ4v) is 9.42. The van der Waals surface area contributed by atoms with Gasteiger partial charge in [-0.05, 0) is 71.6 Å². The Morgan fingerprint density at radius 3 is 1.10 bits per heavy atom. The fraction of sp³-hybridized carbons (Fsp3) is 0.982. The van der Waals surface area contributed by atoms with Gasteiger partial charge in [0, 0.05) is 25.6 Å². The van der Waals surface area contributed by atoms with E-state index in [9.17, 15) is 4.79 Å². The molecule has 0 bridgehead atoms. The molecule has 0 radical (unpaired) electrons. The molecule has 4 heteroatoms. The second kappa shape index (κ2) is 35.8. The van der Waals surface area contributed by atoms with Crippen LogP contribution in [0.15, 0.2) is 0 Å². The number of ether oxygens (including phenoxy) is 2. The Bertz CT molecular complexity index is 905. The van der Waals surface area contributed by atoms with Gasteiger partial charge in [-0.1, -0.05) is 234 Å². The van der Waals surface area contributed by atoms with E-state index >= 15 is 0 Å².